The van der Waals surface area contributed by atoms with Crippen LogP contribution < -0.4 is 10.1 Å². The van der Waals surface area contributed by atoms with Crippen molar-refractivity contribution in [2.24, 2.45) is 0 Å². The van der Waals surface area contributed by atoms with Gasteiger partial charge in [-0.15, -0.1) is 0 Å². The third-order valence-corrected chi connectivity index (χ3v) is 5.74. The maximum atomic E-state index is 6.48. The van der Waals surface area contributed by atoms with Crippen LogP contribution in [0.3, 0.4) is 0 Å². The number of fused-ring (bicyclic) bond motifs is 1. The van der Waals surface area contributed by atoms with Gasteiger partial charge in [0.1, 0.15) is 6.61 Å². The van der Waals surface area contributed by atoms with Crippen molar-refractivity contribution in [1.82, 2.24) is 0 Å². The van der Waals surface area contributed by atoms with E-state index in [0.717, 1.165) is 26.7 Å². The van der Waals surface area contributed by atoms with E-state index in [4.69, 9.17) is 27.9 Å². The van der Waals surface area contributed by atoms with Crippen LogP contribution in [-0.4, -0.2) is 0 Å². The fraction of sp³-hybridized carbons (Fsp3) is 0.0833. The normalized spacial score (nSPS) is 10.9. The first kappa shape index (κ1) is 20.1. The predicted molar refractivity (Wildman–Crippen MR) is 126 cm³/mol. The summed E-state index contributed by atoms with van der Waals surface area (Å²) in [6.07, 6.45) is 0. The minimum Gasteiger partial charge on any atom is -0.486 e. The first-order chi connectivity index (χ1) is 14.1. The summed E-state index contributed by atoms with van der Waals surface area (Å²) in [7, 11) is 0. The van der Waals surface area contributed by atoms with E-state index in [-0.39, 0.29) is 0 Å². The van der Waals surface area contributed by atoms with Crippen LogP contribution in [0.2, 0.25) is 10.0 Å². The number of hydrogen-bond acceptors (Lipinski definition) is 2. The van der Waals surface area contributed by atoms with Crippen molar-refractivity contribution in [1.29, 1.82) is 0 Å². The van der Waals surface area contributed by atoms with E-state index in [9.17, 15) is 0 Å². The Labute approximate surface area is 188 Å². The van der Waals surface area contributed by atoms with Crippen molar-refractivity contribution in [3.8, 4) is 5.75 Å². The molecule has 0 aromatic heterocycles. The molecule has 0 unspecified atom stereocenters. The molecular weight excluding hydrogens is 469 g/mol. The second-order valence-corrected chi connectivity index (χ2v) is 8.41. The van der Waals surface area contributed by atoms with Crippen LogP contribution in [-0.2, 0) is 13.2 Å². The van der Waals surface area contributed by atoms with Crippen LogP contribution >= 0.6 is 39.1 Å². The Morgan fingerprint density at radius 1 is 0.828 bits per heavy atom. The number of benzene rings is 4. The molecule has 2 nitrogen and oxygen atoms in total. The molecule has 0 spiro atoms. The minimum absolute atomic E-state index is 0.400. The predicted octanol–water partition coefficient (Wildman–Crippen LogP) is 8.10. The molecule has 0 aliphatic carbocycles. The zero-order chi connectivity index (χ0) is 20.2. The number of nitrogens with one attached hydrogen (secondary N) is 1. The van der Waals surface area contributed by atoms with Gasteiger partial charge in [-0.3, -0.25) is 0 Å². The lowest BCUT2D eigenvalue weighted by atomic mass is 10.1. The summed E-state index contributed by atoms with van der Waals surface area (Å²) in [5.74, 6) is 0.508. The number of halogens is 3. The van der Waals surface area contributed by atoms with Crippen molar-refractivity contribution < 1.29 is 4.74 Å². The lowest BCUT2D eigenvalue weighted by Crippen LogP contribution is -2.01. The zero-order valence-corrected chi connectivity index (χ0v) is 18.6. The lowest BCUT2D eigenvalue weighted by Gasteiger charge is -2.14. The maximum absolute atomic E-state index is 6.48. The third-order valence-electron chi connectivity index (χ3n) is 4.65. The number of rotatable bonds is 6. The highest BCUT2D eigenvalue weighted by molar-refractivity contribution is 9.10. The maximum Gasteiger partial charge on any atom is 0.156 e. The fourth-order valence-electron chi connectivity index (χ4n) is 3.19. The Morgan fingerprint density at radius 2 is 1.52 bits per heavy atom. The molecule has 0 fully saturated rings. The summed E-state index contributed by atoms with van der Waals surface area (Å²) in [5, 5.41) is 6.72. The molecule has 4 aromatic carbocycles. The molecule has 4 aromatic rings. The molecule has 0 bridgehead atoms. The molecule has 29 heavy (non-hydrogen) atoms. The molecule has 0 atom stereocenters. The van der Waals surface area contributed by atoms with E-state index in [1.54, 1.807) is 0 Å². The molecule has 1 N–H and O–H groups in total. The SMILES string of the molecule is Clc1cc(CNc2ccc(Br)cc2)cc(Cl)c1OCc1cccc2ccccc12. The monoisotopic (exact) mass is 485 g/mol. The van der Waals surface area contributed by atoms with Gasteiger partial charge in [-0.05, 0) is 58.3 Å². The molecular formula is C24H18BrCl2NO. The van der Waals surface area contributed by atoms with Gasteiger partial charge in [-0.25, -0.2) is 0 Å². The Kier molecular flexibility index (Phi) is 6.29. The summed E-state index contributed by atoms with van der Waals surface area (Å²) < 4.78 is 7.05. The van der Waals surface area contributed by atoms with Gasteiger partial charge in [0.15, 0.2) is 5.75 Å². The standard InChI is InChI=1S/C24H18BrCl2NO/c25-19-8-10-20(11-9-19)28-14-16-12-22(26)24(23(27)13-16)29-15-18-6-3-5-17-4-1-2-7-21(17)18/h1-13,28H,14-15H2. The van der Waals surface area contributed by atoms with Gasteiger partial charge in [0, 0.05) is 16.7 Å². The number of hydrogen-bond donors (Lipinski definition) is 1. The van der Waals surface area contributed by atoms with Gasteiger partial charge in [-0.1, -0.05) is 81.6 Å². The Morgan fingerprint density at radius 3 is 2.28 bits per heavy atom. The second-order valence-electron chi connectivity index (χ2n) is 6.68. The van der Waals surface area contributed by atoms with Gasteiger partial charge in [0.2, 0.25) is 0 Å². The summed E-state index contributed by atoms with van der Waals surface area (Å²) in [6.45, 7) is 1.02. The molecule has 146 valence electrons. The average Bonchev–Trinajstić information content (AvgIpc) is 2.73. The molecule has 4 rings (SSSR count). The van der Waals surface area contributed by atoms with Crippen molar-refractivity contribution in [2.75, 3.05) is 5.32 Å². The highest BCUT2D eigenvalue weighted by atomic mass is 79.9. The van der Waals surface area contributed by atoms with E-state index < -0.39 is 0 Å². The quantitative estimate of drug-likeness (QED) is 0.297. The lowest BCUT2D eigenvalue weighted by molar-refractivity contribution is 0.308. The molecule has 0 radical (unpaired) electrons. The van der Waals surface area contributed by atoms with Crippen LogP contribution in [0.15, 0.2) is 83.3 Å². The Balaban J connectivity index is 1.47. The van der Waals surface area contributed by atoms with Crippen LogP contribution in [0.25, 0.3) is 10.8 Å². The fourth-order valence-corrected chi connectivity index (χ4v) is 4.10. The van der Waals surface area contributed by atoms with E-state index in [1.165, 1.54) is 5.39 Å². The first-order valence-electron chi connectivity index (χ1n) is 9.17. The van der Waals surface area contributed by atoms with Crippen molar-refractivity contribution in [3.63, 3.8) is 0 Å². The van der Waals surface area contributed by atoms with Gasteiger partial charge in [0.25, 0.3) is 0 Å². The van der Waals surface area contributed by atoms with E-state index in [2.05, 4.69) is 45.5 Å². The van der Waals surface area contributed by atoms with E-state index in [0.29, 0.717) is 28.9 Å². The topological polar surface area (TPSA) is 21.3 Å². The molecule has 0 saturated heterocycles. The minimum atomic E-state index is 0.400. The smallest absolute Gasteiger partial charge is 0.156 e. The van der Waals surface area contributed by atoms with Gasteiger partial charge in [-0.2, -0.15) is 0 Å². The van der Waals surface area contributed by atoms with Crippen LogP contribution in [0.5, 0.6) is 5.75 Å². The molecule has 0 heterocycles. The largest absolute Gasteiger partial charge is 0.486 e. The average molecular weight is 487 g/mol. The summed E-state index contributed by atoms with van der Waals surface area (Å²) in [6, 6.07) is 26.2. The molecule has 5 heteroatoms. The Bertz CT molecular complexity index is 1120. The number of anilines is 1. The third kappa shape index (κ3) is 4.87. The summed E-state index contributed by atoms with van der Waals surface area (Å²) in [4.78, 5) is 0. The van der Waals surface area contributed by atoms with E-state index in [1.807, 2.05) is 54.6 Å². The van der Waals surface area contributed by atoms with Gasteiger partial charge in [0.05, 0.1) is 10.0 Å². The number of ether oxygens (including phenoxy) is 1. The molecule has 0 aliphatic rings. The van der Waals surface area contributed by atoms with Crippen LogP contribution in [0.4, 0.5) is 5.69 Å². The first-order valence-corrected chi connectivity index (χ1v) is 10.7. The van der Waals surface area contributed by atoms with E-state index >= 15 is 0 Å². The summed E-state index contributed by atoms with van der Waals surface area (Å²) in [5.41, 5.74) is 3.10. The molecule has 0 saturated carbocycles. The van der Waals surface area contributed by atoms with Crippen LogP contribution in [0, 0.1) is 0 Å². The van der Waals surface area contributed by atoms with Crippen LogP contribution in [0.1, 0.15) is 11.1 Å². The van der Waals surface area contributed by atoms with Crippen molar-refractivity contribution in [3.05, 3.63) is 105 Å². The summed E-state index contributed by atoms with van der Waals surface area (Å²) >= 11 is 16.4. The second kappa shape index (κ2) is 9.08. The zero-order valence-electron chi connectivity index (χ0n) is 15.5. The molecule has 0 amide bonds. The van der Waals surface area contributed by atoms with Gasteiger partial charge < -0.3 is 10.1 Å². The van der Waals surface area contributed by atoms with Gasteiger partial charge >= 0.3 is 0 Å². The highest BCUT2D eigenvalue weighted by Crippen LogP contribution is 2.35. The van der Waals surface area contributed by atoms with Crippen molar-refractivity contribution >= 4 is 55.6 Å². The highest BCUT2D eigenvalue weighted by Gasteiger charge is 2.11. The van der Waals surface area contributed by atoms with Crippen molar-refractivity contribution in [2.45, 2.75) is 13.2 Å². The Hall–Kier alpha value is -2.20. The molecule has 0 aliphatic heterocycles.